The van der Waals surface area contributed by atoms with E-state index in [1.807, 2.05) is 0 Å². The van der Waals surface area contributed by atoms with E-state index in [0.717, 1.165) is 16.9 Å². The van der Waals surface area contributed by atoms with Gasteiger partial charge in [0.15, 0.2) is 0 Å². The van der Waals surface area contributed by atoms with E-state index in [1.165, 1.54) is 17.4 Å². The smallest absolute Gasteiger partial charge is 0.234 e. The summed E-state index contributed by atoms with van der Waals surface area (Å²) >= 11 is 2.47. The predicted octanol–water partition coefficient (Wildman–Crippen LogP) is 3.26. The Morgan fingerprint density at radius 1 is 1.54 bits per heavy atom. The summed E-state index contributed by atoms with van der Waals surface area (Å²) in [7, 11) is 1.69. The molecule has 0 fully saturated rings. The monoisotopic (exact) mass is 481 g/mol. The number of hydrogen-bond acceptors (Lipinski definition) is 5. The van der Waals surface area contributed by atoms with Gasteiger partial charge in [0.25, 0.3) is 0 Å². The van der Waals surface area contributed by atoms with E-state index in [4.69, 9.17) is 0 Å². The molecule has 0 aliphatic rings. The minimum absolute atomic E-state index is 0.108. The third-order valence-corrected chi connectivity index (χ3v) is 6.21. The standard InChI is InChI=1S/C15H17FIN3O2S2/c1-9(8-24(3)22)14(21)20(2)15-12(5-17)19-13(23-15)10-4-11(16)7-18-6-10/h4,6-7,9H,5,8H2,1-3H3. The summed E-state index contributed by atoms with van der Waals surface area (Å²) in [6, 6.07) is 1.37. The Bertz CT molecular complexity index is 726. The molecule has 24 heavy (non-hydrogen) atoms. The Hall–Kier alpha value is -0.780. The third kappa shape index (κ3) is 4.64. The number of thiazole rings is 1. The second-order valence-electron chi connectivity index (χ2n) is 5.33. The maximum absolute atomic E-state index is 13.4. The van der Waals surface area contributed by atoms with Crippen molar-refractivity contribution in [1.82, 2.24) is 9.97 Å². The predicted molar refractivity (Wildman–Crippen MR) is 105 cm³/mol. The molecule has 2 aromatic heterocycles. The number of hydrogen-bond donors (Lipinski definition) is 0. The Morgan fingerprint density at radius 3 is 2.83 bits per heavy atom. The van der Waals surface area contributed by atoms with Gasteiger partial charge in [-0.2, -0.15) is 0 Å². The molecule has 9 heteroatoms. The highest BCUT2D eigenvalue weighted by Gasteiger charge is 2.26. The molecule has 1 amide bonds. The van der Waals surface area contributed by atoms with Gasteiger partial charge in [0.2, 0.25) is 5.91 Å². The summed E-state index contributed by atoms with van der Waals surface area (Å²) in [6.45, 7) is 1.77. The van der Waals surface area contributed by atoms with Crippen molar-refractivity contribution in [3.05, 3.63) is 30.0 Å². The second-order valence-corrected chi connectivity index (χ2v) is 8.55. The summed E-state index contributed by atoms with van der Waals surface area (Å²) in [6.07, 6.45) is 4.27. The lowest BCUT2D eigenvalue weighted by Crippen LogP contribution is -2.34. The van der Waals surface area contributed by atoms with Crippen LogP contribution in [0.4, 0.5) is 9.39 Å². The molecular weight excluding hydrogens is 464 g/mol. The first-order valence-electron chi connectivity index (χ1n) is 7.07. The van der Waals surface area contributed by atoms with Gasteiger partial charge < -0.3 is 9.45 Å². The first kappa shape index (κ1) is 19.5. The van der Waals surface area contributed by atoms with Crippen LogP contribution in [-0.2, 0) is 20.4 Å². The molecule has 2 rings (SSSR count). The van der Waals surface area contributed by atoms with Gasteiger partial charge >= 0.3 is 0 Å². The number of aromatic nitrogens is 2. The van der Waals surface area contributed by atoms with Crippen molar-refractivity contribution >= 4 is 56.0 Å². The third-order valence-electron chi connectivity index (χ3n) is 3.30. The lowest BCUT2D eigenvalue weighted by molar-refractivity contribution is -0.121. The molecule has 0 radical (unpaired) electrons. The van der Waals surface area contributed by atoms with Gasteiger partial charge in [0.05, 0.1) is 24.1 Å². The van der Waals surface area contributed by atoms with Crippen LogP contribution in [0.2, 0.25) is 0 Å². The van der Waals surface area contributed by atoms with Crippen LogP contribution in [0, 0.1) is 11.7 Å². The maximum atomic E-state index is 13.4. The zero-order chi connectivity index (χ0) is 17.9. The molecule has 0 bridgehead atoms. The lowest BCUT2D eigenvalue weighted by Gasteiger charge is -2.20. The van der Waals surface area contributed by atoms with Gasteiger partial charge in [-0.25, -0.2) is 9.37 Å². The molecule has 0 N–H and O–H groups in total. The molecule has 0 aromatic carbocycles. The van der Waals surface area contributed by atoms with Crippen LogP contribution in [0.3, 0.4) is 0 Å². The van der Waals surface area contributed by atoms with Gasteiger partial charge in [-0.05, 0) is 13.0 Å². The highest BCUT2D eigenvalue weighted by atomic mass is 127. The number of halogens is 2. The number of carbonyl (C=O) groups is 1. The van der Waals surface area contributed by atoms with Crippen LogP contribution in [0.1, 0.15) is 12.6 Å². The van der Waals surface area contributed by atoms with Crippen molar-refractivity contribution in [3.63, 3.8) is 0 Å². The number of rotatable bonds is 6. The van der Waals surface area contributed by atoms with Crippen LogP contribution < -0.4 is 4.90 Å². The zero-order valence-corrected chi connectivity index (χ0v) is 17.2. The Balaban J connectivity index is 2.31. The van der Waals surface area contributed by atoms with Crippen LogP contribution >= 0.6 is 33.9 Å². The second kappa shape index (κ2) is 8.54. The van der Waals surface area contributed by atoms with Gasteiger partial charge in [-0.15, -0.1) is 0 Å². The van der Waals surface area contributed by atoms with Crippen LogP contribution in [0.25, 0.3) is 10.6 Å². The van der Waals surface area contributed by atoms with Crippen molar-refractivity contribution in [2.45, 2.75) is 11.4 Å². The normalized spacial score (nSPS) is 13.6. The summed E-state index contributed by atoms with van der Waals surface area (Å²) in [5, 5.41) is 1.34. The first-order valence-corrected chi connectivity index (χ1v) is 11.1. The van der Waals surface area contributed by atoms with Crippen molar-refractivity contribution in [2.24, 2.45) is 5.92 Å². The Labute approximate surface area is 161 Å². The van der Waals surface area contributed by atoms with E-state index >= 15 is 0 Å². The van der Waals surface area contributed by atoms with E-state index in [0.29, 0.717) is 20.8 Å². The van der Waals surface area contributed by atoms with Crippen molar-refractivity contribution in [1.29, 1.82) is 0 Å². The highest BCUT2D eigenvalue weighted by molar-refractivity contribution is 14.1. The summed E-state index contributed by atoms with van der Waals surface area (Å²) in [5.74, 6) is -0.556. The van der Waals surface area contributed by atoms with Gasteiger partial charge in [-0.3, -0.25) is 9.78 Å². The molecule has 0 saturated heterocycles. The molecular formula is C15H17FIN3O2S2. The summed E-state index contributed by atoms with van der Waals surface area (Å²) < 4.78 is 25.3. The van der Waals surface area contributed by atoms with Gasteiger partial charge in [0, 0.05) is 23.2 Å². The number of amides is 1. The number of anilines is 1. The maximum Gasteiger partial charge on any atom is 0.234 e. The quantitative estimate of drug-likeness (QED) is 0.361. The highest BCUT2D eigenvalue weighted by Crippen LogP contribution is 2.36. The first-order chi connectivity index (χ1) is 11.3. The minimum atomic E-state index is -1.03. The molecule has 2 unspecified atom stereocenters. The topological polar surface area (TPSA) is 69.2 Å². The molecule has 0 saturated carbocycles. The average molecular weight is 481 g/mol. The minimum Gasteiger partial charge on any atom is -0.617 e. The van der Waals surface area contributed by atoms with Crippen molar-refractivity contribution in [3.8, 4) is 10.6 Å². The molecule has 2 atom stereocenters. The zero-order valence-electron chi connectivity index (χ0n) is 13.5. The van der Waals surface area contributed by atoms with E-state index < -0.39 is 17.0 Å². The molecule has 0 spiro atoms. The largest absolute Gasteiger partial charge is 0.617 e. The van der Waals surface area contributed by atoms with Crippen LogP contribution in [-0.4, -0.2) is 39.5 Å². The van der Waals surface area contributed by atoms with E-state index in [1.54, 1.807) is 31.3 Å². The fraction of sp³-hybridized carbons (Fsp3) is 0.400. The van der Waals surface area contributed by atoms with Gasteiger partial charge in [0.1, 0.15) is 21.6 Å². The molecule has 0 aliphatic heterocycles. The van der Waals surface area contributed by atoms with Crippen LogP contribution in [0.5, 0.6) is 0 Å². The SMILES string of the molecule is CC(C[S+](C)[O-])C(=O)N(C)c1sc(-c2cncc(F)c2)nc1CI. The van der Waals surface area contributed by atoms with E-state index in [9.17, 15) is 13.7 Å². The van der Waals surface area contributed by atoms with E-state index in [2.05, 4.69) is 32.6 Å². The number of carbonyl (C=O) groups excluding carboxylic acids is 1. The molecule has 0 aliphatic carbocycles. The molecule has 2 aromatic rings. The fourth-order valence-electron chi connectivity index (χ4n) is 2.20. The Morgan fingerprint density at radius 2 is 2.25 bits per heavy atom. The molecule has 5 nitrogen and oxygen atoms in total. The fourth-order valence-corrected chi connectivity index (χ4v) is 4.87. The number of nitrogens with zero attached hydrogens (tertiary/aromatic N) is 3. The van der Waals surface area contributed by atoms with E-state index in [-0.39, 0.29) is 11.8 Å². The lowest BCUT2D eigenvalue weighted by atomic mass is 10.2. The number of pyridine rings is 1. The summed E-state index contributed by atoms with van der Waals surface area (Å²) in [4.78, 5) is 22.5. The van der Waals surface area contributed by atoms with Crippen molar-refractivity contribution in [2.75, 3.05) is 24.0 Å². The Kier molecular flexibility index (Phi) is 6.96. The van der Waals surface area contributed by atoms with Crippen LogP contribution in [0.15, 0.2) is 18.5 Å². The summed E-state index contributed by atoms with van der Waals surface area (Å²) in [5.41, 5.74) is 1.35. The average Bonchev–Trinajstić information content (AvgIpc) is 2.97. The molecule has 2 heterocycles. The molecule has 130 valence electrons. The number of alkyl halides is 1. The van der Waals surface area contributed by atoms with Crippen molar-refractivity contribution < 1.29 is 13.7 Å². The van der Waals surface area contributed by atoms with Gasteiger partial charge in [-0.1, -0.05) is 45.1 Å².